The Morgan fingerprint density at radius 2 is 1.88 bits per heavy atom. The summed E-state index contributed by atoms with van der Waals surface area (Å²) in [5.41, 5.74) is 3.08. The van der Waals surface area contributed by atoms with Crippen LogP contribution in [0.1, 0.15) is 5.69 Å². The topological polar surface area (TPSA) is 75.7 Å². The first-order valence-electron chi connectivity index (χ1n) is 8.46. The van der Waals surface area contributed by atoms with Crippen LogP contribution < -0.4 is 5.32 Å². The van der Waals surface area contributed by atoms with Crippen molar-refractivity contribution in [3.05, 3.63) is 64.2 Å². The molecule has 7 nitrogen and oxygen atoms in total. The Balaban J connectivity index is 1.79. The molecule has 26 heavy (non-hydrogen) atoms. The molecule has 0 bridgehead atoms. The number of hydrogen-bond acceptors (Lipinski definition) is 5. The van der Waals surface area contributed by atoms with Crippen molar-refractivity contribution < 1.29 is 9.31 Å². The van der Waals surface area contributed by atoms with Gasteiger partial charge in [0.05, 0.1) is 16.3 Å². The number of piperazine rings is 1. The number of nitrogens with one attached hydrogen (secondary N) is 1. The fraction of sp³-hybridized carbons (Fsp3) is 0.278. The van der Waals surface area contributed by atoms with Crippen LogP contribution in [0.3, 0.4) is 0 Å². The number of nitro benzene ring substituents is 1. The summed E-state index contributed by atoms with van der Waals surface area (Å²) in [6, 6.07) is 9.35. The van der Waals surface area contributed by atoms with E-state index in [4.69, 9.17) is 0 Å². The Kier molecular flexibility index (Phi) is 4.36. The zero-order valence-corrected chi connectivity index (χ0v) is 14.1. The van der Waals surface area contributed by atoms with Crippen LogP contribution in [-0.2, 0) is 6.54 Å². The van der Waals surface area contributed by atoms with Gasteiger partial charge in [0.25, 0.3) is 5.69 Å². The van der Waals surface area contributed by atoms with Crippen LogP contribution in [0.2, 0.25) is 0 Å². The minimum Gasteiger partial charge on any atom is -0.314 e. The molecule has 4 rings (SSSR count). The van der Waals surface area contributed by atoms with Crippen molar-refractivity contribution in [2.75, 3.05) is 26.2 Å². The van der Waals surface area contributed by atoms with Crippen molar-refractivity contribution in [1.29, 1.82) is 0 Å². The van der Waals surface area contributed by atoms with E-state index in [9.17, 15) is 14.5 Å². The fourth-order valence-electron chi connectivity index (χ4n) is 3.27. The number of hydrogen-bond donors (Lipinski definition) is 1. The zero-order chi connectivity index (χ0) is 18.1. The number of non-ortho nitro benzene ring substituents is 1. The molecule has 8 heteroatoms. The predicted octanol–water partition coefficient (Wildman–Crippen LogP) is 2.45. The number of fused-ring (bicyclic) bond motifs is 1. The molecule has 1 aromatic carbocycles. The van der Waals surface area contributed by atoms with Crippen LogP contribution in [-0.4, -0.2) is 45.4 Å². The van der Waals surface area contributed by atoms with E-state index in [1.165, 1.54) is 24.4 Å². The fourth-order valence-corrected chi connectivity index (χ4v) is 3.27. The maximum absolute atomic E-state index is 13.8. The Hall–Kier alpha value is -2.84. The van der Waals surface area contributed by atoms with Gasteiger partial charge in [-0.2, -0.15) is 0 Å². The molecule has 0 radical (unpaired) electrons. The summed E-state index contributed by atoms with van der Waals surface area (Å²) < 4.78 is 15.6. The molecule has 1 aliphatic rings. The largest absolute Gasteiger partial charge is 0.314 e. The molecule has 0 unspecified atom stereocenters. The van der Waals surface area contributed by atoms with Gasteiger partial charge in [-0.15, -0.1) is 0 Å². The van der Waals surface area contributed by atoms with Crippen LogP contribution in [0.15, 0.2) is 42.6 Å². The van der Waals surface area contributed by atoms with Crippen LogP contribution >= 0.6 is 0 Å². The molecular formula is C18H18FN5O2. The Morgan fingerprint density at radius 1 is 1.15 bits per heavy atom. The van der Waals surface area contributed by atoms with E-state index in [0.29, 0.717) is 12.2 Å². The first-order valence-corrected chi connectivity index (χ1v) is 8.46. The highest BCUT2D eigenvalue weighted by Crippen LogP contribution is 2.27. The number of nitrogens with zero attached hydrogens (tertiary/aromatic N) is 4. The Labute approximate surface area is 149 Å². The number of benzene rings is 1. The number of halogens is 1. The average Bonchev–Trinajstić information content (AvgIpc) is 3.00. The molecule has 0 amide bonds. The van der Waals surface area contributed by atoms with E-state index in [0.717, 1.165) is 43.1 Å². The van der Waals surface area contributed by atoms with Crippen molar-refractivity contribution >= 4 is 11.3 Å². The third-order valence-electron chi connectivity index (χ3n) is 4.62. The lowest BCUT2D eigenvalue weighted by Gasteiger charge is -2.27. The SMILES string of the molecule is O=[N+]([O-])c1ccc(-c2nc3ccc(F)cn3c2CN2CCNCC2)cc1. The summed E-state index contributed by atoms with van der Waals surface area (Å²) in [6.07, 6.45) is 1.44. The molecule has 3 heterocycles. The molecule has 0 spiro atoms. The van der Waals surface area contributed by atoms with E-state index < -0.39 is 4.92 Å². The lowest BCUT2D eigenvalue weighted by molar-refractivity contribution is -0.384. The van der Waals surface area contributed by atoms with E-state index in [1.807, 2.05) is 0 Å². The molecule has 1 aliphatic heterocycles. The van der Waals surface area contributed by atoms with Crippen LogP contribution in [0.5, 0.6) is 0 Å². The second-order valence-corrected chi connectivity index (χ2v) is 6.31. The van der Waals surface area contributed by atoms with Gasteiger partial charge in [-0.3, -0.25) is 19.4 Å². The zero-order valence-electron chi connectivity index (χ0n) is 14.1. The van der Waals surface area contributed by atoms with Gasteiger partial charge in [0.2, 0.25) is 0 Å². The number of pyridine rings is 1. The van der Waals surface area contributed by atoms with Crippen molar-refractivity contribution in [3.63, 3.8) is 0 Å². The van der Waals surface area contributed by atoms with E-state index in [1.54, 1.807) is 22.6 Å². The molecule has 0 saturated carbocycles. The second kappa shape index (κ2) is 6.81. The summed E-state index contributed by atoms with van der Waals surface area (Å²) in [5.74, 6) is -0.327. The lowest BCUT2D eigenvalue weighted by Crippen LogP contribution is -2.43. The van der Waals surface area contributed by atoms with Gasteiger partial charge in [0.15, 0.2) is 0 Å². The monoisotopic (exact) mass is 355 g/mol. The Morgan fingerprint density at radius 3 is 2.58 bits per heavy atom. The smallest absolute Gasteiger partial charge is 0.269 e. The number of rotatable bonds is 4. The molecule has 1 fully saturated rings. The van der Waals surface area contributed by atoms with Crippen LogP contribution in [0.25, 0.3) is 16.9 Å². The highest BCUT2D eigenvalue weighted by atomic mass is 19.1. The van der Waals surface area contributed by atoms with E-state index in [2.05, 4.69) is 15.2 Å². The minimum absolute atomic E-state index is 0.0345. The normalized spacial score (nSPS) is 15.4. The Bertz CT molecular complexity index is 948. The van der Waals surface area contributed by atoms with Gasteiger partial charge in [0, 0.05) is 56.6 Å². The number of aromatic nitrogens is 2. The quantitative estimate of drug-likeness (QED) is 0.575. The van der Waals surface area contributed by atoms with E-state index in [-0.39, 0.29) is 11.5 Å². The van der Waals surface area contributed by atoms with Gasteiger partial charge in [-0.1, -0.05) is 0 Å². The van der Waals surface area contributed by atoms with E-state index >= 15 is 0 Å². The van der Waals surface area contributed by atoms with Gasteiger partial charge >= 0.3 is 0 Å². The maximum atomic E-state index is 13.8. The van der Waals surface area contributed by atoms with Crippen LogP contribution in [0, 0.1) is 15.9 Å². The third kappa shape index (κ3) is 3.16. The van der Waals surface area contributed by atoms with Crippen LogP contribution in [0.4, 0.5) is 10.1 Å². The van der Waals surface area contributed by atoms with Gasteiger partial charge in [-0.05, 0) is 24.3 Å². The molecule has 1 N–H and O–H groups in total. The van der Waals surface area contributed by atoms with Gasteiger partial charge in [0.1, 0.15) is 11.5 Å². The molecule has 1 saturated heterocycles. The van der Waals surface area contributed by atoms with Crippen molar-refractivity contribution in [2.45, 2.75) is 6.54 Å². The highest BCUT2D eigenvalue weighted by molar-refractivity contribution is 5.67. The summed E-state index contributed by atoms with van der Waals surface area (Å²) in [6.45, 7) is 4.28. The third-order valence-corrected chi connectivity index (χ3v) is 4.62. The number of nitro groups is 1. The highest BCUT2D eigenvalue weighted by Gasteiger charge is 2.19. The number of imidazole rings is 1. The summed E-state index contributed by atoms with van der Waals surface area (Å²) in [7, 11) is 0. The average molecular weight is 355 g/mol. The minimum atomic E-state index is -0.426. The molecule has 3 aromatic rings. The predicted molar refractivity (Wildman–Crippen MR) is 95.4 cm³/mol. The molecule has 0 aliphatic carbocycles. The second-order valence-electron chi connectivity index (χ2n) is 6.31. The summed E-state index contributed by atoms with van der Waals surface area (Å²) >= 11 is 0. The molecular weight excluding hydrogens is 337 g/mol. The summed E-state index contributed by atoms with van der Waals surface area (Å²) in [5, 5.41) is 14.2. The van der Waals surface area contributed by atoms with Gasteiger partial charge < -0.3 is 5.32 Å². The molecule has 2 aromatic heterocycles. The maximum Gasteiger partial charge on any atom is 0.269 e. The van der Waals surface area contributed by atoms with Gasteiger partial charge in [-0.25, -0.2) is 9.37 Å². The van der Waals surface area contributed by atoms with Crippen molar-refractivity contribution in [1.82, 2.24) is 19.6 Å². The molecule has 0 atom stereocenters. The van der Waals surface area contributed by atoms with Crippen molar-refractivity contribution in [2.24, 2.45) is 0 Å². The first kappa shape index (κ1) is 16.6. The summed E-state index contributed by atoms with van der Waals surface area (Å²) in [4.78, 5) is 17.4. The first-order chi connectivity index (χ1) is 12.6. The van der Waals surface area contributed by atoms with Crippen molar-refractivity contribution in [3.8, 4) is 11.3 Å². The lowest BCUT2D eigenvalue weighted by atomic mass is 10.1. The standard InChI is InChI=1S/C18H18FN5O2/c19-14-3-6-17-21-18(13-1-4-15(5-2-13)24(25)26)16(23(17)11-14)12-22-9-7-20-8-10-22/h1-6,11,20H,7-10,12H2. The molecule has 134 valence electrons.